The highest BCUT2D eigenvalue weighted by molar-refractivity contribution is 9.10. The zero-order chi connectivity index (χ0) is 20.8. The van der Waals surface area contributed by atoms with Gasteiger partial charge in [0, 0.05) is 4.47 Å². The van der Waals surface area contributed by atoms with Gasteiger partial charge in [-0.2, -0.15) is 5.26 Å². The smallest absolute Gasteiger partial charge is 0.259 e. The highest BCUT2D eigenvalue weighted by atomic mass is 79.9. The number of rotatable bonds is 7. The van der Waals surface area contributed by atoms with Crippen molar-refractivity contribution < 1.29 is 9.47 Å². The number of nitriles is 1. The summed E-state index contributed by atoms with van der Waals surface area (Å²) in [6, 6.07) is 12.8. The number of hydrogen-bond acceptors (Lipinski definition) is 5. The molecule has 0 saturated carbocycles. The summed E-state index contributed by atoms with van der Waals surface area (Å²) in [6.45, 7) is 2.71. The molecule has 1 aromatic heterocycles. The number of hydrogen-bond donors (Lipinski definition) is 1. The van der Waals surface area contributed by atoms with E-state index in [1.54, 1.807) is 37.5 Å². The lowest BCUT2D eigenvalue weighted by molar-refractivity contribution is 0.288. The van der Waals surface area contributed by atoms with Gasteiger partial charge < -0.3 is 14.5 Å². The third-order valence-corrected chi connectivity index (χ3v) is 4.79. The Morgan fingerprint density at radius 1 is 1.28 bits per heavy atom. The minimum atomic E-state index is -0.301. The maximum atomic E-state index is 12.4. The standard InChI is InChI=1S/C22H20BrN3O3/c1-3-4-9-29-19-8-5-14(11-20(19)28-2)10-15(13-24)21-25-18-7-6-16(23)12-17(18)22(27)26-21/h5-8,10-12H,3-4,9H2,1-2H3,(H,25,26,27)/b15-10+. The lowest BCUT2D eigenvalue weighted by Gasteiger charge is -2.11. The first-order chi connectivity index (χ1) is 14.0. The number of unbranched alkanes of at least 4 members (excludes halogenated alkanes) is 1. The molecule has 0 saturated heterocycles. The molecule has 29 heavy (non-hydrogen) atoms. The van der Waals surface area contributed by atoms with Crippen LogP contribution in [-0.4, -0.2) is 23.7 Å². The highest BCUT2D eigenvalue weighted by Gasteiger charge is 2.10. The number of H-pyrrole nitrogens is 1. The number of benzene rings is 2. The van der Waals surface area contributed by atoms with Gasteiger partial charge in [0.2, 0.25) is 0 Å². The van der Waals surface area contributed by atoms with Crippen molar-refractivity contribution in [2.24, 2.45) is 0 Å². The van der Waals surface area contributed by atoms with Crippen molar-refractivity contribution in [1.82, 2.24) is 9.97 Å². The number of nitrogens with zero attached hydrogens (tertiary/aromatic N) is 2. The van der Waals surface area contributed by atoms with E-state index in [1.807, 2.05) is 12.1 Å². The summed E-state index contributed by atoms with van der Waals surface area (Å²) in [6.07, 6.45) is 3.66. The molecule has 0 fully saturated rings. The average molecular weight is 454 g/mol. The second kappa shape index (κ2) is 9.39. The summed E-state index contributed by atoms with van der Waals surface area (Å²) < 4.78 is 11.9. The highest BCUT2D eigenvalue weighted by Crippen LogP contribution is 2.30. The fourth-order valence-electron chi connectivity index (χ4n) is 2.78. The molecule has 7 heteroatoms. The maximum Gasteiger partial charge on any atom is 0.259 e. The van der Waals surface area contributed by atoms with Crippen LogP contribution in [0.15, 0.2) is 45.7 Å². The Bertz CT molecular complexity index is 1160. The van der Waals surface area contributed by atoms with Crippen molar-refractivity contribution in [2.75, 3.05) is 13.7 Å². The van der Waals surface area contributed by atoms with Gasteiger partial charge in [0.25, 0.3) is 5.56 Å². The fourth-order valence-corrected chi connectivity index (χ4v) is 3.14. The Balaban J connectivity index is 1.98. The SMILES string of the molecule is CCCCOc1ccc(/C=C(\C#N)c2nc3ccc(Br)cc3c(=O)[nH]2)cc1OC. The minimum Gasteiger partial charge on any atom is -0.493 e. The van der Waals surface area contributed by atoms with Crippen LogP contribution in [0.3, 0.4) is 0 Å². The molecule has 6 nitrogen and oxygen atoms in total. The van der Waals surface area contributed by atoms with E-state index in [4.69, 9.17) is 9.47 Å². The van der Waals surface area contributed by atoms with E-state index in [2.05, 4.69) is 38.9 Å². The lowest BCUT2D eigenvalue weighted by Crippen LogP contribution is -2.11. The Kier molecular flexibility index (Phi) is 6.68. The number of nitrogens with one attached hydrogen (secondary N) is 1. The van der Waals surface area contributed by atoms with Gasteiger partial charge in [0.1, 0.15) is 6.07 Å². The third kappa shape index (κ3) is 4.84. The summed E-state index contributed by atoms with van der Waals surface area (Å²) in [4.78, 5) is 19.5. The van der Waals surface area contributed by atoms with Gasteiger partial charge in [0.15, 0.2) is 17.3 Å². The zero-order valence-corrected chi connectivity index (χ0v) is 17.7. The molecule has 3 aromatic rings. The Morgan fingerprint density at radius 2 is 2.10 bits per heavy atom. The van der Waals surface area contributed by atoms with Gasteiger partial charge in [-0.05, 0) is 48.4 Å². The molecule has 3 rings (SSSR count). The molecule has 0 aliphatic heterocycles. The Labute approximate surface area is 176 Å². The summed E-state index contributed by atoms with van der Waals surface area (Å²) in [5, 5.41) is 10.1. The van der Waals surface area contributed by atoms with E-state index in [-0.39, 0.29) is 17.0 Å². The zero-order valence-electron chi connectivity index (χ0n) is 16.2. The fraction of sp³-hybridized carbons (Fsp3) is 0.227. The van der Waals surface area contributed by atoms with E-state index < -0.39 is 0 Å². The van der Waals surface area contributed by atoms with Crippen LogP contribution < -0.4 is 15.0 Å². The monoisotopic (exact) mass is 453 g/mol. The van der Waals surface area contributed by atoms with Gasteiger partial charge >= 0.3 is 0 Å². The second-order valence-electron chi connectivity index (χ2n) is 6.36. The molecule has 0 atom stereocenters. The van der Waals surface area contributed by atoms with Crippen molar-refractivity contribution >= 4 is 38.5 Å². The predicted molar refractivity (Wildman–Crippen MR) is 117 cm³/mol. The molecule has 1 heterocycles. The normalized spacial score (nSPS) is 11.3. The van der Waals surface area contributed by atoms with Crippen LogP contribution in [0.4, 0.5) is 0 Å². The van der Waals surface area contributed by atoms with E-state index in [1.165, 1.54) is 0 Å². The van der Waals surface area contributed by atoms with Crippen molar-refractivity contribution in [2.45, 2.75) is 19.8 Å². The van der Waals surface area contributed by atoms with Crippen LogP contribution in [0.5, 0.6) is 11.5 Å². The van der Waals surface area contributed by atoms with Gasteiger partial charge in [-0.15, -0.1) is 0 Å². The van der Waals surface area contributed by atoms with Gasteiger partial charge in [-0.25, -0.2) is 4.98 Å². The van der Waals surface area contributed by atoms with E-state index in [0.29, 0.717) is 29.0 Å². The molecule has 1 N–H and O–H groups in total. The number of halogens is 1. The Morgan fingerprint density at radius 3 is 2.83 bits per heavy atom. The number of aromatic amines is 1. The van der Waals surface area contributed by atoms with Gasteiger partial charge in [-0.3, -0.25) is 4.79 Å². The molecule has 0 radical (unpaired) electrons. The Hall–Kier alpha value is -3.11. The predicted octanol–water partition coefficient (Wildman–Crippen LogP) is 4.94. The first kappa shape index (κ1) is 20.6. The molecule has 148 valence electrons. The third-order valence-electron chi connectivity index (χ3n) is 4.30. The van der Waals surface area contributed by atoms with Crippen LogP contribution in [0.2, 0.25) is 0 Å². The van der Waals surface area contributed by atoms with Crippen molar-refractivity contribution in [3.05, 3.63) is 62.6 Å². The molecule has 0 unspecified atom stereocenters. The summed E-state index contributed by atoms with van der Waals surface area (Å²) in [7, 11) is 1.57. The maximum absolute atomic E-state index is 12.4. The molecule has 0 amide bonds. The largest absolute Gasteiger partial charge is 0.493 e. The summed E-state index contributed by atoms with van der Waals surface area (Å²) >= 11 is 3.34. The summed E-state index contributed by atoms with van der Waals surface area (Å²) in [5.74, 6) is 1.45. The second-order valence-corrected chi connectivity index (χ2v) is 7.27. The molecule has 0 bridgehead atoms. The number of aromatic nitrogens is 2. The number of methoxy groups -OCH3 is 1. The van der Waals surface area contributed by atoms with Crippen molar-refractivity contribution in [3.8, 4) is 17.6 Å². The molecular weight excluding hydrogens is 434 g/mol. The summed E-state index contributed by atoms with van der Waals surface area (Å²) in [5.41, 5.74) is 1.20. The molecule has 0 aliphatic rings. The molecule has 0 aliphatic carbocycles. The lowest BCUT2D eigenvalue weighted by atomic mass is 10.1. The van der Waals surface area contributed by atoms with E-state index in [0.717, 1.165) is 22.9 Å². The molecule has 0 spiro atoms. The molecule has 2 aromatic carbocycles. The number of fused-ring (bicyclic) bond motifs is 1. The molecular formula is C22H20BrN3O3. The first-order valence-electron chi connectivity index (χ1n) is 9.18. The van der Waals surface area contributed by atoms with E-state index in [9.17, 15) is 10.1 Å². The van der Waals surface area contributed by atoms with Crippen molar-refractivity contribution in [3.63, 3.8) is 0 Å². The van der Waals surface area contributed by atoms with Crippen LogP contribution in [0.25, 0.3) is 22.6 Å². The first-order valence-corrected chi connectivity index (χ1v) is 9.97. The quantitative estimate of drug-likeness (QED) is 0.404. The van der Waals surface area contributed by atoms with Crippen LogP contribution in [-0.2, 0) is 0 Å². The van der Waals surface area contributed by atoms with Gasteiger partial charge in [0.05, 0.1) is 30.2 Å². The van der Waals surface area contributed by atoms with Crippen LogP contribution >= 0.6 is 15.9 Å². The average Bonchev–Trinajstić information content (AvgIpc) is 2.73. The number of ether oxygens (including phenoxy) is 2. The minimum absolute atomic E-state index is 0.217. The topological polar surface area (TPSA) is 88.0 Å². The van der Waals surface area contributed by atoms with Crippen molar-refractivity contribution in [1.29, 1.82) is 5.26 Å². The van der Waals surface area contributed by atoms with Crippen LogP contribution in [0, 0.1) is 11.3 Å². The van der Waals surface area contributed by atoms with E-state index >= 15 is 0 Å². The number of allylic oxidation sites excluding steroid dienone is 1. The van der Waals surface area contributed by atoms with Crippen LogP contribution in [0.1, 0.15) is 31.2 Å². The van der Waals surface area contributed by atoms with Gasteiger partial charge in [-0.1, -0.05) is 35.3 Å².